The molecule has 0 bridgehead atoms. The Labute approximate surface area is 141 Å². The number of H-pyrrole nitrogens is 1. The highest BCUT2D eigenvalue weighted by molar-refractivity contribution is 7.97. The summed E-state index contributed by atoms with van der Waals surface area (Å²) in [6.07, 6.45) is 4.84. The number of thioether (sulfide) groups is 1. The summed E-state index contributed by atoms with van der Waals surface area (Å²) in [7, 11) is 0. The van der Waals surface area contributed by atoms with Crippen LogP contribution in [0.2, 0.25) is 0 Å². The number of rotatable bonds is 6. The molecule has 4 nitrogen and oxygen atoms in total. The Morgan fingerprint density at radius 1 is 1.22 bits per heavy atom. The zero-order chi connectivity index (χ0) is 15.5. The van der Waals surface area contributed by atoms with Crippen LogP contribution in [0.3, 0.4) is 0 Å². The van der Waals surface area contributed by atoms with E-state index in [1.807, 2.05) is 11.8 Å². The maximum atomic E-state index is 5.90. The number of aromatic nitrogens is 2. The molecular weight excluding hydrogens is 308 g/mol. The van der Waals surface area contributed by atoms with E-state index in [2.05, 4.69) is 34.5 Å². The third-order valence-electron chi connectivity index (χ3n) is 4.51. The lowest BCUT2D eigenvalue weighted by molar-refractivity contribution is 0.141. The molecule has 5 heteroatoms. The average Bonchev–Trinajstić information content (AvgIpc) is 3.28. The zero-order valence-electron chi connectivity index (χ0n) is 13.2. The summed E-state index contributed by atoms with van der Waals surface area (Å²) in [5.74, 6) is 2.94. The Balaban J connectivity index is 1.27. The Hall–Kier alpha value is -1.46. The van der Waals surface area contributed by atoms with Crippen molar-refractivity contribution in [2.24, 2.45) is 0 Å². The summed E-state index contributed by atoms with van der Waals surface area (Å²) >= 11 is 1.93. The number of hydrogen-bond donors (Lipinski definition) is 1. The zero-order valence-corrected chi connectivity index (χ0v) is 14.0. The van der Waals surface area contributed by atoms with E-state index >= 15 is 0 Å². The van der Waals surface area contributed by atoms with Gasteiger partial charge in [0.25, 0.3) is 0 Å². The second-order valence-electron chi connectivity index (χ2n) is 6.22. The van der Waals surface area contributed by atoms with Gasteiger partial charge in [0, 0.05) is 23.6 Å². The Kier molecular flexibility index (Phi) is 4.57. The topological polar surface area (TPSA) is 47.1 Å². The summed E-state index contributed by atoms with van der Waals surface area (Å²) in [6.45, 7) is 1.53. The summed E-state index contributed by atoms with van der Waals surface area (Å²) < 4.78 is 11.2. The van der Waals surface area contributed by atoms with Crippen molar-refractivity contribution in [2.45, 2.75) is 43.3 Å². The van der Waals surface area contributed by atoms with Crippen LogP contribution in [0.1, 0.15) is 35.4 Å². The first-order valence-corrected chi connectivity index (χ1v) is 9.50. The highest BCUT2D eigenvalue weighted by atomic mass is 32.2. The lowest BCUT2D eigenvalue weighted by atomic mass is 10.2. The quantitative estimate of drug-likeness (QED) is 0.880. The maximum Gasteiger partial charge on any atom is 0.124 e. The third kappa shape index (κ3) is 3.56. The van der Waals surface area contributed by atoms with Crippen LogP contribution in [0.15, 0.2) is 24.3 Å². The number of ether oxygens (including phenoxy) is 2. The maximum absolute atomic E-state index is 5.90. The van der Waals surface area contributed by atoms with E-state index in [4.69, 9.17) is 9.47 Å². The lowest BCUT2D eigenvalue weighted by Crippen LogP contribution is -2.15. The molecular formula is C18H22N2O2S. The lowest BCUT2D eigenvalue weighted by Gasteiger charge is -2.12. The van der Waals surface area contributed by atoms with Gasteiger partial charge in [0.1, 0.15) is 11.9 Å². The molecule has 0 spiro atoms. The van der Waals surface area contributed by atoms with Crippen molar-refractivity contribution in [3.05, 3.63) is 46.8 Å². The molecule has 1 aliphatic heterocycles. The normalized spacial score (nSPS) is 19.9. The highest BCUT2D eigenvalue weighted by Gasteiger charge is 2.18. The molecule has 1 aromatic carbocycles. The molecule has 1 fully saturated rings. The number of benzene rings is 1. The van der Waals surface area contributed by atoms with Gasteiger partial charge in [0.15, 0.2) is 0 Å². The van der Waals surface area contributed by atoms with Crippen LogP contribution >= 0.6 is 11.8 Å². The minimum atomic E-state index is 0.219. The van der Waals surface area contributed by atoms with Gasteiger partial charge in [0.05, 0.1) is 18.9 Å². The second-order valence-corrected chi connectivity index (χ2v) is 7.21. The van der Waals surface area contributed by atoms with Crippen LogP contribution in [0.4, 0.5) is 0 Å². The van der Waals surface area contributed by atoms with Gasteiger partial charge >= 0.3 is 0 Å². The first-order valence-electron chi connectivity index (χ1n) is 8.34. The Morgan fingerprint density at radius 3 is 2.96 bits per heavy atom. The molecule has 2 heterocycles. The summed E-state index contributed by atoms with van der Waals surface area (Å²) in [4.78, 5) is 0. The molecule has 122 valence electrons. The predicted molar refractivity (Wildman–Crippen MR) is 91.9 cm³/mol. The first kappa shape index (κ1) is 15.1. The Morgan fingerprint density at radius 2 is 2.13 bits per heavy atom. The molecule has 1 N–H and O–H groups in total. The van der Waals surface area contributed by atoms with E-state index in [-0.39, 0.29) is 6.10 Å². The number of nitrogens with zero attached hydrogens (tertiary/aromatic N) is 1. The molecule has 1 aromatic heterocycles. The largest absolute Gasteiger partial charge is 0.488 e. The van der Waals surface area contributed by atoms with Gasteiger partial charge in [-0.25, -0.2) is 0 Å². The van der Waals surface area contributed by atoms with Gasteiger partial charge in [0.2, 0.25) is 0 Å². The van der Waals surface area contributed by atoms with Crippen molar-refractivity contribution in [2.75, 3.05) is 13.2 Å². The minimum Gasteiger partial charge on any atom is -0.488 e. The van der Waals surface area contributed by atoms with Crippen molar-refractivity contribution >= 4 is 11.8 Å². The van der Waals surface area contributed by atoms with Gasteiger partial charge in [-0.3, -0.25) is 5.10 Å². The number of aryl methyl sites for hydroxylation is 1. The van der Waals surface area contributed by atoms with Crippen molar-refractivity contribution in [1.29, 1.82) is 0 Å². The van der Waals surface area contributed by atoms with E-state index < -0.39 is 0 Å². The van der Waals surface area contributed by atoms with Crippen LogP contribution in [0.25, 0.3) is 0 Å². The summed E-state index contributed by atoms with van der Waals surface area (Å²) in [6, 6.07) is 8.46. The number of fused-ring (bicyclic) bond motifs is 1. The fourth-order valence-corrected chi connectivity index (χ4v) is 4.20. The minimum absolute atomic E-state index is 0.219. The monoisotopic (exact) mass is 330 g/mol. The molecule has 1 unspecified atom stereocenters. The van der Waals surface area contributed by atoms with E-state index in [1.54, 1.807) is 0 Å². The van der Waals surface area contributed by atoms with Crippen LogP contribution in [0, 0.1) is 0 Å². The molecule has 2 aliphatic rings. The number of nitrogens with one attached hydrogen (secondary N) is 1. The summed E-state index contributed by atoms with van der Waals surface area (Å²) in [5.41, 5.74) is 5.42. The van der Waals surface area contributed by atoms with Crippen LogP contribution in [-0.2, 0) is 29.1 Å². The van der Waals surface area contributed by atoms with Crippen molar-refractivity contribution < 1.29 is 9.47 Å². The van der Waals surface area contributed by atoms with Crippen LogP contribution < -0.4 is 4.74 Å². The average molecular weight is 330 g/mol. The molecule has 1 atom stereocenters. The Bertz CT molecular complexity index is 648. The molecule has 1 aliphatic carbocycles. The molecule has 2 aromatic rings. The van der Waals surface area contributed by atoms with E-state index in [0.29, 0.717) is 6.61 Å². The van der Waals surface area contributed by atoms with E-state index in [1.165, 1.54) is 41.8 Å². The fraction of sp³-hybridized carbons (Fsp3) is 0.500. The smallest absolute Gasteiger partial charge is 0.124 e. The molecule has 1 saturated heterocycles. The summed E-state index contributed by atoms with van der Waals surface area (Å²) in [5, 5.41) is 7.65. The molecule has 0 saturated carbocycles. The van der Waals surface area contributed by atoms with Crippen LogP contribution in [-0.4, -0.2) is 29.5 Å². The van der Waals surface area contributed by atoms with Gasteiger partial charge in [-0.05, 0) is 42.5 Å². The van der Waals surface area contributed by atoms with Crippen molar-refractivity contribution in [3.63, 3.8) is 0 Å². The standard InChI is InChI=1S/C18H22N2O2S/c1-2-16-17(3-1)19-20-18(16)12-23-11-13-4-6-14(7-5-13)22-15-8-9-21-10-15/h4-7,15H,1-3,8-12H2,(H,19,20). The molecule has 23 heavy (non-hydrogen) atoms. The molecule has 0 amide bonds. The van der Waals surface area contributed by atoms with Gasteiger partial charge in [-0.15, -0.1) is 0 Å². The van der Waals surface area contributed by atoms with Crippen molar-refractivity contribution in [3.8, 4) is 5.75 Å². The molecule has 4 rings (SSSR count). The number of aromatic amines is 1. The highest BCUT2D eigenvalue weighted by Crippen LogP contribution is 2.27. The van der Waals surface area contributed by atoms with Crippen LogP contribution in [0.5, 0.6) is 5.75 Å². The third-order valence-corrected chi connectivity index (χ3v) is 5.53. The second kappa shape index (κ2) is 6.97. The van der Waals surface area contributed by atoms with Crippen molar-refractivity contribution in [1.82, 2.24) is 10.2 Å². The molecule has 0 radical (unpaired) electrons. The SMILES string of the molecule is c1cc(OC2CCOC2)ccc1CSCc1n[nH]c2c1CCC2. The van der Waals surface area contributed by atoms with E-state index in [9.17, 15) is 0 Å². The first-order chi connectivity index (χ1) is 11.4. The van der Waals surface area contributed by atoms with E-state index in [0.717, 1.165) is 30.3 Å². The van der Waals surface area contributed by atoms with Gasteiger partial charge in [-0.1, -0.05) is 12.1 Å². The predicted octanol–water partition coefficient (Wildman–Crippen LogP) is 3.50. The number of hydrogen-bond acceptors (Lipinski definition) is 4. The van der Waals surface area contributed by atoms with Gasteiger partial charge in [-0.2, -0.15) is 16.9 Å². The fourth-order valence-electron chi connectivity index (χ4n) is 3.24. The van der Waals surface area contributed by atoms with Gasteiger partial charge < -0.3 is 9.47 Å².